The van der Waals surface area contributed by atoms with Crippen molar-refractivity contribution in [2.24, 2.45) is 5.73 Å². The van der Waals surface area contributed by atoms with Crippen molar-refractivity contribution in [1.29, 1.82) is 0 Å². The van der Waals surface area contributed by atoms with Crippen LogP contribution >= 0.6 is 0 Å². The van der Waals surface area contributed by atoms with E-state index in [2.05, 4.69) is 16.4 Å². The van der Waals surface area contributed by atoms with Gasteiger partial charge in [0.05, 0.1) is 0 Å². The maximum atomic E-state index is 5.43. The third-order valence-electron chi connectivity index (χ3n) is 1.78. The first kappa shape index (κ1) is 9.00. The molecular formula is C9H15N3. The van der Waals surface area contributed by atoms with Gasteiger partial charge in [0.2, 0.25) is 0 Å². The van der Waals surface area contributed by atoms with Gasteiger partial charge in [-0.05, 0) is 31.0 Å². The fourth-order valence-corrected chi connectivity index (χ4v) is 1.16. The average Bonchev–Trinajstić information content (AvgIpc) is 2.15. The number of nitrogens with one attached hydrogen (secondary N) is 1. The third kappa shape index (κ3) is 2.20. The molecule has 12 heavy (non-hydrogen) atoms. The standard InChI is InChI=1S/C9H15N3/c1-11-9-8(4-2-6-10)5-3-7-12-9/h3,5,7H,2,4,6,10H2,1H3,(H,11,12). The van der Waals surface area contributed by atoms with Crippen molar-refractivity contribution in [1.82, 2.24) is 4.98 Å². The molecule has 0 aliphatic carbocycles. The molecule has 0 fully saturated rings. The molecule has 3 N–H and O–H groups in total. The van der Waals surface area contributed by atoms with E-state index < -0.39 is 0 Å². The van der Waals surface area contributed by atoms with E-state index in [1.165, 1.54) is 5.56 Å². The van der Waals surface area contributed by atoms with Crippen LogP contribution in [-0.2, 0) is 6.42 Å². The smallest absolute Gasteiger partial charge is 0.128 e. The number of nitrogens with zero attached hydrogens (tertiary/aromatic N) is 1. The maximum absolute atomic E-state index is 5.43. The van der Waals surface area contributed by atoms with Gasteiger partial charge >= 0.3 is 0 Å². The zero-order valence-electron chi connectivity index (χ0n) is 7.38. The predicted molar refractivity (Wildman–Crippen MR) is 51.2 cm³/mol. The fourth-order valence-electron chi connectivity index (χ4n) is 1.16. The molecule has 0 bridgehead atoms. The molecule has 3 heteroatoms. The molecule has 0 aliphatic rings. The van der Waals surface area contributed by atoms with Crippen molar-refractivity contribution in [3.05, 3.63) is 23.9 Å². The summed E-state index contributed by atoms with van der Waals surface area (Å²) in [6, 6.07) is 4.03. The van der Waals surface area contributed by atoms with Crippen molar-refractivity contribution >= 4 is 5.82 Å². The average molecular weight is 165 g/mol. The van der Waals surface area contributed by atoms with Crippen molar-refractivity contribution in [3.63, 3.8) is 0 Å². The van der Waals surface area contributed by atoms with Gasteiger partial charge in [0.15, 0.2) is 0 Å². The molecule has 0 saturated heterocycles. The predicted octanol–water partition coefficient (Wildman–Crippen LogP) is 1.01. The van der Waals surface area contributed by atoms with E-state index >= 15 is 0 Å². The Bertz CT molecular complexity index is 235. The van der Waals surface area contributed by atoms with E-state index in [9.17, 15) is 0 Å². The highest BCUT2D eigenvalue weighted by molar-refractivity contribution is 5.42. The molecule has 0 amide bonds. The molecule has 1 aromatic rings. The van der Waals surface area contributed by atoms with Crippen LogP contribution in [0.25, 0.3) is 0 Å². The second-order valence-corrected chi connectivity index (χ2v) is 2.65. The van der Waals surface area contributed by atoms with E-state index in [1.807, 2.05) is 13.1 Å². The second kappa shape index (κ2) is 4.72. The van der Waals surface area contributed by atoms with Gasteiger partial charge in [0, 0.05) is 13.2 Å². The van der Waals surface area contributed by atoms with Crippen LogP contribution in [0, 0.1) is 0 Å². The Hall–Kier alpha value is -1.09. The Labute approximate surface area is 73.0 Å². The zero-order valence-corrected chi connectivity index (χ0v) is 7.38. The normalized spacial score (nSPS) is 9.83. The number of hydrogen-bond acceptors (Lipinski definition) is 3. The fraction of sp³-hybridized carbons (Fsp3) is 0.444. The van der Waals surface area contributed by atoms with Crippen LogP contribution in [0.3, 0.4) is 0 Å². The minimum Gasteiger partial charge on any atom is -0.373 e. The van der Waals surface area contributed by atoms with Crippen LogP contribution in [0.2, 0.25) is 0 Å². The monoisotopic (exact) mass is 165 g/mol. The molecule has 0 atom stereocenters. The molecular weight excluding hydrogens is 150 g/mol. The topological polar surface area (TPSA) is 50.9 Å². The Balaban J connectivity index is 2.68. The minimum absolute atomic E-state index is 0.734. The van der Waals surface area contributed by atoms with E-state index in [4.69, 9.17) is 5.73 Å². The number of anilines is 1. The summed E-state index contributed by atoms with van der Waals surface area (Å²) in [4.78, 5) is 4.20. The third-order valence-corrected chi connectivity index (χ3v) is 1.78. The first-order valence-electron chi connectivity index (χ1n) is 4.20. The number of hydrogen-bond donors (Lipinski definition) is 2. The van der Waals surface area contributed by atoms with Gasteiger partial charge in [0.25, 0.3) is 0 Å². The summed E-state index contributed by atoms with van der Waals surface area (Å²) in [5.74, 6) is 0.964. The van der Waals surface area contributed by atoms with E-state index in [0.29, 0.717) is 0 Å². The summed E-state index contributed by atoms with van der Waals surface area (Å²) in [5.41, 5.74) is 6.67. The van der Waals surface area contributed by atoms with Crippen LogP contribution < -0.4 is 11.1 Å². The van der Waals surface area contributed by atoms with Gasteiger partial charge in [-0.15, -0.1) is 0 Å². The summed E-state index contributed by atoms with van der Waals surface area (Å²) in [7, 11) is 1.88. The first-order valence-corrected chi connectivity index (χ1v) is 4.20. The summed E-state index contributed by atoms with van der Waals surface area (Å²) >= 11 is 0. The lowest BCUT2D eigenvalue weighted by Gasteiger charge is -2.05. The van der Waals surface area contributed by atoms with Gasteiger partial charge in [0.1, 0.15) is 5.82 Å². The molecule has 1 aromatic heterocycles. The van der Waals surface area contributed by atoms with Crippen LogP contribution in [0.5, 0.6) is 0 Å². The highest BCUT2D eigenvalue weighted by Crippen LogP contribution is 2.11. The minimum atomic E-state index is 0.734. The highest BCUT2D eigenvalue weighted by atomic mass is 15.0. The molecule has 0 aromatic carbocycles. The number of nitrogens with two attached hydrogens (primary N) is 1. The van der Waals surface area contributed by atoms with Gasteiger partial charge in [-0.2, -0.15) is 0 Å². The lowest BCUT2D eigenvalue weighted by molar-refractivity contribution is 0.830. The SMILES string of the molecule is CNc1ncccc1CCCN. The van der Waals surface area contributed by atoms with E-state index in [-0.39, 0.29) is 0 Å². The summed E-state index contributed by atoms with van der Waals surface area (Å²) in [6.07, 6.45) is 3.80. The molecule has 0 saturated carbocycles. The Morgan fingerprint density at radius 1 is 1.58 bits per heavy atom. The Kier molecular flexibility index (Phi) is 3.54. The summed E-state index contributed by atoms with van der Waals surface area (Å²) in [5, 5.41) is 3.05. The van der Waals surface area contributed by atoms with Gasteiger partial charge in [-0.1, -0.05) is 6.07 Å². The zero-order chi connectivity index (χ0) is 8.81. The van der Waals surface area contributed by atoms with Crippen molar-refractivity contribution in [2.75, 3.05) is 18.9 Å². The highest BCUT2D eigenvalue weighted by Gasteiger charge is 1.98. The molecule has 66 valence electrons. The number of aromatic nitrogens is 1. The number of rotatable bonds is 4. The Morgan fingerprint density at radius 2 is 2.42 bits per heavy atom. The van der Waals surface area contributed by atoms with Crippen molar-refractivity contribution < 1.29 is 0 Å². The molecule has 0 spiro atoms. The van der Waals surface area contributed by atoms with Crippen LogP contribution in [0.1, 0.15) is 12.0 Å². The first-order chi connectivity index (χ1) is 5.88. The van der Waals surface area contributed by atoms with Crippen molar-refractivity contribution in [2.45, 2.75) is 12.8 Å². The molecule has 0 unspecified atom stereocenters. The van der Waals surface area contributed by atoms with Gasteiger partial charge < -0.3 is 11.1 Å². The van der Waals surface area contributed by atoms with Gasteiger partial charge in [-0.3, -0.25) is 0 Å². The molecule has 0 aliphatic heterocycles. The molecule has 1 heterocycles. The summed E-state index contributed by atoms with van der Waals surface area (Å²) in [6.45, 7) is 0.734. The quantitative estimate of drug-likeness (QED) is 0.700. The molecule has 0 radical (unpaired) electrons. The van der Waals surface area contributed by atoms with Crippen LogP contribution in [0.4, 0.5) is 5.82 Å². The van der Waals surface area contributed by atoms with Crippen LogP contribution in [-0.4, -0.2) is 18.6 Å². The number of aryl methyl sites for hydroxylation is 1. The van der Waals surface area contributed by atoms with Crippen molar-refractivity contribution in [3.8, 4) is 0 Å². The molecule has 3 nitrogen and oxygen atoms in total. The molecule has 1 rings (SSSR count). The second-order valence-electron chi connectivity index (χ2n) is 2.65. The van der Waals surface area contributed by atoms with E-state index in [0.717, 1.165) is 25.2 Å². The largest absolute Gasteiger partial charge is 0.373 e. The maximum Gasteiger partial charge on any atom is 0.128 e. The summed E-state index contributed by atoms with van der Waals surface area (Å²) < 4.78 is 0. The van der Waals surface area contributed by atoms with Gasteiger partial charge in [-0.25, -0.2) is 4.98 Å². The lowest BCUT2D eigenvalue weighted by atomic mass is 10.1. The lowest BCUT2D eigenvalue weighted by Crippen LogP contribution is -2.03. The Morgan fingerprint density at radius 3 is 3.08 bits per heavy atom. The number of pyridine rings is 1. The van der Waals surface area contributed by atoms with Crippen LogP contribution in [0.15, 0.2) is 18.3 Å². The van der Waals surface area contributed by atoms with E-state index in [1.54, 1.807) is 6.20 Å².